The number of aromatic amines is 1. The summed E-state index contributed by atoms with van der Waals surface area (Å²) in [6.45, 7) is 4.13. The molecule has 2 unspecified atom stereocenters. The number of phosphoric acid groups is 3. The zero-order chi connectivity index (χ0) is 51.5. The molecule has 0 spiro atoms. The van der Waals surface area contributed by atoms with Crippen molar-refractivity contribution in [2.45, 2.75) is 154 Å². The fourth-order valence-corrected chi connectivity index (χ4v) is 9.98. The Morgan fingerprint density at radius 3 is 1.74 bits per heavy atom. The van der Waals surface area contributed by atoms with Gasteiger partial charge in [-0.2, -0.15) is 8.62 Å². The topological polar surface area (TPSA) is 339 Å². The van der Waals surface area contributed by atoms with Crippen molar-refractivity contribution >= 4 is 35.3 Å². The molecule has 0 radical (unpaired) electrons. The van der Waals surface area contributed by atoms with Gasteiger partial charge in [0.05, 0.1) is 72.1 Å². The van der Waals surface area contributed by atoms with E-state index in [9.17, 15) is 47.8 Å². The third-order valence-corrected chi connectivity index (χ3v) is 14.4. The van der Waals surface area contributed by atoms with Crippen molar-refractivity contribution < 1.29 is 84.8 Å². The molecule has 0 aliphatic carbocycles. The number of hydrogen-bond acceptors (Lipinski definition) is 16. The van der Waals surface area contributed by atoms with E-state index < -0.39 is 59.8 Å². The summed E-state index contributed by atoms with van der Waals surface area (Å²) in [6.07, 6.45) is 19.4. The van der Waals surface area contributed by atoms with Gasteiger partial charge in [0.2, 0.25) is 11.8 Å². The number of aromatic nitrogens is 2. The monoisotopic (exact) mass is 1060 g/mol. The Hall–Kier alpha value is -2.65. The van der Waals surface area contributed by atoms with Crippen LogP contribution in [0.15, 0.2) is 15.8 Å². The first-order chi connectivity index (χ1) is 33.4. The van der Waals surface area contributed by atoms with E-state index in [1.165, 1.54) is 96.3 Å². The Bertz CT molecular complexity index is 1960. The molecule has 70 heavy (non-hydrogen) atoms. The number of H-pyrrole nitrogens is 1. The van der Waals surface area contributed by atoms with Gasteiger partial charge in [0.1, 0.15) is 17.9 Å². The number of aliphatic hydroxyl groups is 1. The van der Waals surface area contributed by atoms with Crippen molar-refractivity contribution in [2.75, 3.05) is 72.6 Å². The summed E-state index contributed by atoms with van der Waals surface area (Å²) in [7, 11) is -16.9. The number of carbonyl (C=O) groups excluding carboxylic acids is 2. The van der Waals surface area contributed by atoms with Crippen molar-refractivity contribution in [1.29, 1.82) is 0 Å². The lowest BCUT2D eigenvalue weighted by molar-refractivity contribution is -0.122. The Balaban J connectivity index is 1.43. The second-order valence-electron chi connectivity index (χ2n) is 16.6. The van der Waals surface area contributed by atoms with Gasteiger partial charge in [-0.1, -0.05) is 121 Å². The van der Waals surface area contributed by atoms with Crippen LogP contribution in [0.3, 0.4) is 0 Å². The van der Waals surface area contributed by atoms with Gasteiger partial charge in [0.25, 0.3) is 5.56 Å². The number of hydrogen-bond donors (Lipinski definition) is 8. The second-order valence-corrected chi connectivity index (χ2v) is 21.0. The molecule has 27 heteroatoms. The normalized spacial score (nSPS) is 17.7. The standard InChI is InChI=1S/C43H77N4O20P3/c1-2-3-4-5-6-7-8-9-10-11-12-13-14-15-16-17-18-21-39(49)45-24-26-61-28-30-63-32-31-62-29-27-60-25-22-40(50)44-23-19-20-36-34-47(43(52)46-42(36)51)41-33-37(48)38(65-41)35-64-69(56,57)67-70(58,59)66-68(53,54)55/h34,37-38,41,48H,2-18,21-33,35H2,1H3,(H,44,50)(H,45,49)(H,56,57)(H,58,59)(H,46,51,52)(H2,53,54,55)/t37-,38+,41+/m0/s1. The SMILES string of the molecule is CCCCCCCCCCCCCCCCCCCC(=O)NCCOCCOCCOCCOCCC(=O)NCC#Cc1cn([C@H]2C[C@H](O)[C@@H](COP(=O)(O)OP(=O)(O)OP(=O)(O)O)O2)c(=O)[nH]c1=O. The zero-order valence-corrected chi connectivity index (χ0v) is 43.1. The molecule has 0 saturated carbocycles. The largest absolute Gasteiger partial charge is 0.490 e. The number of rotatable bonds is 42. The Morgan fingerprint density at radius 2 is 1.20 bits per heavy atom. The summed E-state index contributed by atoms with van der Waals surface area (Å²) in [5, 5.41) is 15.8. The van der Waals surface area contributed by atoms with Gasteiger partial charge in [-0.25, -0.2) is 18.5 Å². The summed E-state index contributed by atoms with van der Waals surface area (Å²) in [4.78, 5) is 87.3. The quantitative estimate of drug-likeness (QED) is 0.0252. The summed E-state index contributed by atoms with van der Waals surface area (Å²) in [6, 6.07) is 0. The van der Waals surface area contributed by atoms with Crippen LogP contribution in [-0.4, -0.2) is 131 Å². The fourth-order valence-electron chi connectivity index (χ4n) is 6.95. The number of aliphatic hydroxyl groups excluding tert-OH is 1. The first-order valence-corrected chi connectivity index (χ1v) is 28.7. The minimum Gasteiger partial charge on any atom is -0.390 e. The molecule has 2 amide bonds. The van der Waals surface area contributed by atoms with Crippen molar-refractivity contribution in [3.05, 3.63) is 32.6 Å². The maximum atomic E-state index is 12.5. The van der Waals surface area contributed by atoms with Crippen molar-refractivity contribution in [3.8, 4) is 11.8 Å². The lowest BCUT2D eigenvalue weighted by Gasteiger charge is -2.19. The molecule has 1 aromatic rings. The number of carbonyl (C=O) groups is 2. The molecule has 8 N–H and O–H groups in total. The molecule has 0 aromatic carbocycles. The maximum absolute atomic E-state index is 12.5. The maximum Gasteiger partial charge on any atom is 0.490 e. The molecule has 5 atom stereocenters. The smallest absolute Gasteiger partial charge is 0.390 e. The summed E-state index contributed by atoms with van der Waals surface area (Å²) < 4.78 is 74.3. The van der Waals surface area contributed by atoms with E-state index in [0.29, 0.717) is 46.0 Å². The molecule has 2 rings (SSSR count). The fraction of sp³-hybridized carbons (Fsp3) is 0.814. The van der Waals surface area contributed by atoms with Crippen molar-refractivity contribution in [2.24, 2.45) is 0 Å². The highest BCUT2D eigenvalue weighted by Crippen LogP contribution is 2.66. The molecule has 0 bridgehead atoms. The molecular formula is C43H77N4O20P3. The molecule has 1 saturated heterocycles. The minimum absolute atomic E-state index is 0.0180. The van der Waals surface area contributed by atoms with Gasteiger partial charge in [-0.05, 0) is 6.42 Å². The second kappa shape index (κ2) is 37.1. The van der Waals surface area contributed by atoms with Crippen LogP contribution in [-0.2, 0) is 60.1 Å². The predicted octanol–water partition coefficient (Wildman–Crippen LogP) is 4.61. The predicted molar refractivity (Wildman–Crippen MR) is 255 cm³/mol. The molecule has 1 aliphatic rings. The van der Waals surface area contributed by atoms with Crippen LogP contribution in [0.1, 0.15) is 147 Å². The summed E-state index contributed by atoms with van der Waals surface area (Å²) in [5.74, 6) is 4.77. The first-order valence-electron chi connectivity index (χ1n) is 24.2. The van der Waals surface area contributed by atoms with E-state index in [0.717, 1.165) is 23.6 Å². The number of ether oxygens (including phenoxy) is 5. The third kappa shape index (κ3) is 32.4. The van der Waals surface area contributed by atoms with E-state index >= 15 is 0 Å². The van der Waals surface area contributed by atoms with Crippen molar-refractivity contribution in [3.63, 3.8) is 0 Å². The summed E-state index contributed by atoms with van der Waals surface area (Å²) in [5.41, 5.74) is -2.04. The van der Waals surface area contributed by atoms with E-state index in [1.807, 2.05) is 4.98 Å². The van der Waals surface area contributed by atoms with Crippen LogP contribution in [0, 0.1) is 11.8 Å². The number of unbranched alkanes of at least 4 members (excludes halogenated alkanes) is 16. The Morgan fingerprint density at radius 1 is 0.700 bits per heavy atom. The average Bonchev–Trinajstić information content (AvgIpc) is 3.65. The summed E-state index contributed by atoms with van der Waals surface area (Å²) >= 11 is 0. The molecule has 1 aromatic heterocycles. The minimum atomic E-state index is -5.77. The Kier molecular flexibility index (Phi) is 33.7. The number of phosphoric ester groups is 1. The lowest BCUT2D eigenvalue weighted by atomic mass is 10.0. The van der Waals surface area contributed by atoms with Crippen LogP contribution < -0.4 is 21.9 Å². The third-order valence-electron chi connectivity index (χ3n) is 10.6. The van der Waals surface area contributed by atoms with E-state index in [1.54, 1.807) is 0 Å². The van der Waals surface area contributed by atoms with Crippen LogP contribution in [0.2, 0.25) is 0 Å². The van der Waals surface area contributed by atoms with Gasteiger partial charge < -0.3 is 59.0 Å². The first kappa shape index (κ1) is 63.5. The zero-order valence-electron chi connectivity index (χ0n) is 40.4. The molecule has 24 nitrogen and oxygen atoms in total. The van der Waals surface area contributed by atoms with Gasteiger partial charge in [0.15, 0.2) is 0 Å². The molecular weight excluding hydrogens is 985 g/mol. The number of amides is 2. The van der Waals surface area contributed by atoms with Gasteiger partial charge in [0, 0.05) is 32.0 Å². The van der Waals surface area contributed by atoms with Gasteiger partial charge >= 0.3 is 29.2 Å². The molecule has 1 fully saturated rings. The highest BCUT2D eigenvalue weighted by Gasteiger charge is 2.43. The number of nitrogens with zero attached hydrogens (tertiary/aromatic N) is 1. The highest BCUT2D eigenvalue weighted by atomic mass is 31.3. The number of nitrogens with one attached hydrogen (secondary N) is 3. The Labute approximate surface area is 410 Å². The molecule has 2 heterocycles. The van der Waals surface area contributed by atoms with Crippen molar-refractivity contribution in [1.82, 2.24) is 20.2 Å². The van der Waals surface area contributed by atoms with E-state index in [2.05, 4.69) is 42.5 Å². The van der Waals surface area contributed by atoms with Crippen LogP contribution in [0.4, 0.5) is 0 Å². The lowest BCUT2D eigenvalue weighted by Crippen LogP contribution is -2.34. The van der Waals surface area contributed by atoms with E-state index in [4.69, 9.17) is 33.5 Å². The van der Waals surface area contributed by atoms with Crippen LogP contribution in [0.5, 0.6) is 0 Å². The van der Waals surface area contributed by atoms with Gasteiger partial charge in [-0.3, -0.25) is 28.5 Å². The molecule has 1 aliphatic heterocycles. The van der Waals surface area contributed by atoms with Gasteiger partial charge in [-0.15, -0.1) is 0 Å². The average molecular weight is 1060 g/mol. The van der Waals surface area contributed by atoms with E-state index in [-0.39, 0.29) is 56.6 Å². The molecule has 404 valence electrons. The van der Waals surface area contributed by atoms with Crippen LogP contribution >= 0.6 is 23.5 Å². The van der Waals surface area contributed by atoms with Crippen LogP contribution in [0.25, 0.3) is 0 Å². The highest BCUT2D eigenvalue weighted by molar-refractivity contribution is 7.66.